The van der Waals surface area contributed by atoms with Crippen LogP contribution in [0.2, 0.25) is 0 Å². The molecule has 0 atom stereocenters. The molecule has 1 aliphatic rings. The summed E-state index contributed by atoms with van der Waals surface area (Å²) in [5.74, 6) is -0.0672. The van der Waals surface area contributed by atoms with Gasteiger partial charge in [0.15, 0.2) is 6.29 Å². The Morgan fingerprint density at radius 2 is 2.17 bits per heavy atom. The molecule has 3 rings (SSSR count). The van der Waals surface area contributed by atoms with Crippen LogP contribution in [0, 0.1) is 13.8 Å². The minimum Gasteiger partial charge on any atom is -0.348 e. The van der Waals surface area contributed by atoms with Crippen LogP contribution in [0.15, 0.2) is 11.6 Å². The molecule has 2 aromatic rings. The fraction of sp³-hybridized carbons (Fsp3) is 0.533. The van der Waals surface area contributed by atoms with Crippen LogP contribution in [-0.4, -0.2) is 51.6 Å². The number of aromatic nitrogens is 3. The molecule has 0 N–H and O–H groups in total. The number of hydrogen-bond acceptors (Lipinski definition) is 6. The maximum absolute atomic E-state index is 13.1. The van der Waals surface area contributed by atoms with Gasteiger partial charge in [-0.25, -0.2) is 4.98 Å². The van der Waals surface area contributed by atoms with Crippen molar-refractivity contribution in [3.05, 3.63) is 33.5 Å². The zero-order chi connectivity index (χ0) is 16.4. The third kappa shape index (κ3) is 3.44. The lowest BCUT2D eigenvalue weighted by atomic mass is 10.1. The van der Waals surface area contributed by atoms with Gasteiger partial charge in [-0.2, -0.15) is 5.10 Å². The third-order valence-corrected chi connectivity index (χ3v) is 4.64. The van der Waals surface area contributed by atoms with Gasteiger partial charge in [0.05, 0.1) is 37.6 Å². The highest BCUT2D eigenvalue weighted by Crippen LogP contribution is 2.19. The van der Waals surface area contributed by atoms with E-state index in [9.17, 15) is 4.79 Å². The van der Waals surface area contributed by atoms with Gasteiger partial charge in [-0.05, 0) is 13.8 Å². The van der Waals surface area contributed by atoms with Crippen LogP contribution in [0.4, 0.5) is 0 Å². The standard InChI is InChI=1S/C15H20N4O3S/c1-10-14(11(2)18(3)17-10)15(20)19(8-12-16-4-7-23-12)9-13-21-5-6-22-13/h4,7,13H,5-6,8-9H2,1-3H3. The molecule has 2 aromatic heterocycles. The number of amides is 1. The second kappa shape index (κ2) is 6.77. The lowest BCUT2D eigenvalue weighted by Crippen LogP contribution is -2.38. The molecular weight excluding hydrogens is 316 g/mol. The largest absolute Gasteiger partial charge is 0.348 e. The van der Waals surface area contributed by atoms with Gasteiger partial charge in [-0.3, -0.25) is 9.48 Å². The van der Waals surface area contributed by atoms with E-state index in [0.717, 1.165) is 16.4 Å². The van der Waals surface area contributed by atoms with E-state index in [4.69, 9.17) is 9.47 Å². The van der Waals surface area contributed by atoms with E-state index < -0.39 is 0 Å². The highest BCUT2D eigenvalue weighted by molar-refractivity contribution is 7.09. The van der Waals surface area contributed by atoms with Crippen LogP contribution >= 0.6 is 11.3 Å². The summed E-state index contributed by atoms with van der Waals surface area (Å²) in [4.78, 5) is 19.1. The van der Waals surface area contributed by atoms with Gasteiger partial charge in [-0.15, -0.1) is 11.3 Å². The second-order valence-electron chi connectivity index (χ2n) is 5.45. The molecule has 124 valence electrons. The van der Waals surface area contributed by atoms with Crippen LogP contribution in [0.3, 0.4) is 0 Å². The minimum absolute atomic E-state index is 0.0672. The molecule has 8 heteroatoms. The molecule has 7 nitrogen and oxygen atoms in total. The summed E-state index contributed by atoms with van der Waals surface area (Å²) in [6.07, 6.45) is 1.36. The summed E-state index contributed by atoms with van der Waals surface area (Å²) >= 11 is 1.53. The quantitative estimate of drug-likeness (QED) is 0.828. The Hall–Kier alpha value is -1.77. The number of nitrogens with zero attached hydrogens (tertiary/aromatic N) is 4. The van der Waals surface area contributed by atoms with E-state index in [-0.39, 0.29) is 12.2 Å². The summed E-state index contributed by atoms with van der Waals surface area (Å²) in [6, 6.07) is 0. The Labute approximate surface area is 138 Å². The third-order valence-electron chi connectivity index (χ3n) is 3.88. The van der Waals surface area contributed by atoms with Crippen molar-refractivity contribution in [2.75, 3.05) is 19.8 Å². The summed E-state index contributed by atoms with van der Waals surface area (Å²) < 4.78 is 12.7. The molecule has 0 bridgehead atoms. The molecule has 1 saturated heterocycles. The smallest absolute Gasteiger partial charge is 0.258 e. The first-order valence-electron chi connectivity index (χ1n) is 7.47. The molecule has 23 heavy (non-hydrogen) atoms. The molecule has 0 aromatic carbocycles. The van der Waals surface area contributed by atoms with Crippen LogP contribution in [0.25, 0.3) is 0 Å². The molecule has 1 aliphatic heterocycles. The zero-order valence-electron chi connectivity index (χ0n) is 13.5. The molecule has 0 radical (unpaired) electrons. The first kappa shape index (κ1) is 16.1. The lowest BCUT2D eigenvalue weighted by molar-refractivity contribution is -0.0585. The van der Waals surface area contributed by atoms with E-state index in [1.165, 1.54) is 11.3 Å². The molecule has 1 amide bonds. The Morgan fingerprint density at radius 3 is 2.74 bits per heavy atom. The van der Waals surface area contributed by atoms with Gasteiger partial charge in [-0.1, -0.05) is 0 Å². The topological polar surface area (TPSA) is 69.5 Å². The average Bonchev–Trinajstić information content (AvgIpc) is 3.23. The van der Waals surface area contributed by atoms with Crippen LogP contribution in [-0.2, 0) is 23.1 Å². The number of ether oxygens (including phenoxy) is 2. The maximum atomic E-state index is 13.1. The van der Waals surface area contributed by atoms with Gasteiger partial charge in [0.2, 0.25) is 0 Å². The SMILES string of the molecule is Cc1nn(C)c(C)c1C(=O)N(Cc1nccs1)CC1OCCO1. The molecule has 1 fully saturated rings. The van der Waals surface area contributed by atoms with E-state index in [2.05, 4.69) is 10.1 Å². The number of hydrogen-bond donors (Lipinski definition) is 0. The number of aryl methyl sites for hydroxylation is 2. The van der Waals surface area contributed by atoms with Gasteiger partial charge in [0, 0.05) is 24.3 Å². The molecule has 3 heterocycles. The summed E-state index contributed by atoms with van der Waals surface area (Å²) in [5, 5.41) is 7.13. The monoisotopic (exact) mass is 336 g/mol. The highest BCUT2D eigenvalue weighted by atomic mass is 32.1. The fourth-order valence-corrected chi connectivity index (χ4v) is 3.28. The van der Waals surface area contributed by atoms with Crippen molar-refractivity contribution in [3.8, 4) is 0 Å². The van der Waals surface area contributed by atoms with Gasteiger partial charge in [0.25, 0.3) is 5.91 Å². The van der Waals surface area contributed by atoms with Crippen molar-refractivity contribution in [2.24, 2.45) is 7.05 Å². The summed E-state index contributed by atoms with van der Waals surface area (Å²) in [5.41, 5.74) is 2.22. The molecule has 0 saturated carbocycles. The number of thiazole rings is 1. The summed E-state index contributed by atoms with van der Waals surface area (Å²) in [7, 11) is 1.84. The van der Waals surface area contributed by atoms with Crippen LogP contribution in [0.5, 0.6) is 0 Å². The van der Waals surface area contributed by atoms with E-state index >= 15 is 0 Å². The summed E-state index contributed by atoms with van der Waals surface area (Å²) in [6.45, 7) is 5.70. The van der Waals surface area contributed by atoms with Crippen LogP contribution < -0.4 is 0 Å². The predicted octanol–water partition coefficient (Wildman–Crippen LogP) is 1.51. The Balaban J connectivity index is 1.84. The fourth-order valence-electron chi connectivity index (χ4n) is 2.65. The molecular formula is C15H20N4O3S. The Morgan fingerprint density at radius 1 is 1.43 bits per heavy atom. The number of rotatable bonds is 5. The van der Waals surface area contributed by atoms with Gasteiger partial charge in [0.1, 0.15) is 5.01 Å². The highest BCUT2D eigenvalue weighted by Gasteiger charge is 2.28. The van der Waals surface area contributed by atoms with Crippen molar-refractivity contribution in [2.45, 2.75) is 26.7 Å². The predicted molar refractivity (Wildman–Crippen MR) is 85.2 cm³/mol. The Kier molecular flexibility index (Phi) is 4.74. The first-order valence-corrected chi connectivity index (χ1v) is 8.35. The number of carbonyl (C=O) groups excluding carboxylic acids is 1. The zero-order valence-corrected chi connectivity index (χ0v) is 14.3. The molecule has 0 aliphatic carbocycles. The lowest BCUT2D eigenvalue weighted by Gasteiger charge is -2.24. The minimum atomic E-state index is -0.379. The van der Waals surface area contributed by atoms with Crippen molar-refractivity contribution in [1.29, 1.82) is 0 Å². The van der Waals surface area contributed by atoms with E-state index in [1.54, 1.807) is 15.8 Å². The van der Waals surface area contributed by atoms with Crippen molar-refractivity contribution >= 4 is 17.2 Å². The maximum Gasteiger partial charge on any atom is 0.258 e. The van der Waals surface area contributed by atoms with Crippen molar-refractivity contribution in [3.63, 3.8) is 0 Å². The average molecular weight is 336 g/mol. The first-order chi connectivity index (χ1) is 11.1. The number of carbonyl (C=O) groups is 1. The van der Waals surface area contributed by atoms with Crippen LogP contribution in [0.1, 0.15) is 26.8 Å². The van der Waals surface area contributed by atoms with E-state index in [1.807, 2.05) is 26.3 Å². The van der Waals surface area contributed by atoms with Crippen molar-refractivity contribution < 1.29 is 14.3 Å². The Bertz CT molecular complexity index is 677. The van der Waals surface area contributed by atoms with Crippen molar-refractivity contribution in [1.82, 2.24) is 19.7 Å². The molecule has 0 unspecified atom stereocenters. The van der Waals surface area contributed by atoms with Gasteiger partial charge >= 0.3 is 0 Å². The normalized spacial score (nSPS) is 15.3. The van der Waals surface area contributed by atoms with Gasteiger partial charge < -0.3 is 14.4 Å². The molecule has 0 spiro atoms. The second-order valence-corrected chi connectivity index (χ2v) is 6.43. The van der Waals surface area contributed by atoms with E-state index in [0.29, 0.717) is 31.9 Å².